The first-order chi connectivity index (χ1) is 8.84. The summed E-state index contributed by atoms with van der Waals surface area (Å²) in [6, 6.07) is 15.6. The summed E-state index contributed by atoms with van der Waals surface area (Å²) in [5, 5.41) is 2.69. The largest absolute Gasteiger partial charge is 0.422 e. The van der Waals surface area contributed by atoms with Gasteiger partial charge in [0.1, 0.15) is 5.58 Å². The summed E-state index contributed by atoms with van der Waals surface area (Å²) < 4.78 is 7.53. The van der Waals surface area contributed by atoms with Gasteiger partial charge < -0.3 is 4.42 Å². The van der Waals surface area contributed by atoms with Crippen molar-refractivity contribution in [1.82, 2.24) is 0 Å². The Morgan fingerprint density at radius 1 is 0.889 bits per heavy atom. The second kappa shape index (κ2) is 3.43. The van der Waals surface area contributed by atoms with Crippen molar-refractivity contribution in [3.8, 4) is 0 Å². The van der Waals surface area contributed by atoms with Gasteiger partial charge in [-0.05, 0) is 18.2 Å². The van der Waals surface area contributed by atoms with Crippen molar-refractivity contribution in [2.24, 2.45) is 0 Å². The third kappa shape index (κ3) is 1.19. The van der Waals surface area contributed by atoms with Crippen LogP contribution in [0.15, 0.2) is 57.7 Å². The van der Waals surface area contributed by atoms with Crippen molar-refractivity contribution in [2.75, 3.05) is 0 Å². The maximum atomic E-state index is 12.1. The standard InChI is InChI=1S/C15H8O2S/c16-15-13-10-6-2-4-8-12(10)18-14(13)9-5-1-3-7-11(9)17-15/h1-8H. The van der Waals surface area contributed by atoms with Gasteiger partial charge in [-0.25, -0.2) is 4.79 Å². The van der Waals surface area contributed by atoms with Gasteiger partial charge in [0.25, 0.3) is 0 Å². The number of thiophene rings is 1. The molecule has 0 atom stereocenters. The van der Waals surface area contributed by atoms with Crippen molar-refractivity contribution < 1.29 is 4.42 Å². The zero-order valence-electron chi connectivity index (χ0n) is 9.34. The van der Waals surface area contributed by atoms with Crippen molar-refractivity contribution in [1.29, 1.82) is 0 Å². The predicted octanol–water partition coefficient (Wildman–Crippen LogP) is 4.16. The Hall–Kier alpha value is -2.13. The number of benzene rings is 2. The molecule has 3 heteroatoms. The van der Waals surface area contributed by atoms with Crippen LogP contribution in [0, 0.1) is 0 Å². The summed E-state index contributed by atoms with van der Waals surface area (Å²) in [6.45, 7) is 0. The Labute approximate surface area is 106 Å². The van der Waals surface area contributed by atoms with Gasteiger partial charge in [0.05, 0.1) is 10.1 Å². The molecule has 0 spiro atoms. The molecule has 18 heavy (non-hydrogen) atoms. The highest BCUT2D eigenvalue weighted by Gasteiger charge is 2.12. The average molecular weight is 252 g/mol. The summed E-state index contributed by atoms with van der Waals surface area (Å²) in [7, 11) is 0. The van der Waals surface area contributed by atoms with Gasteiger partial charge in [0.15, 0.2) is 0 Å². The summed E-state index contributed by atoms with van der Waals surface area (Å²) in [6.07, 6.45) is 0. The van der Waals surface area contributed by atoms with Gasteiger partial charge in [-0.3, -0.25) is 0 Å². The Kier molecular flexibility index (Phi) is 1.88. The molecule has 4 rings (SSSR count). The fraction of sp³-hybridized carbons (Fsp3) is 0. The quantitative estimate of drug-likeness (QED) is 0.440. The van der Waals surface area contributed by atoms with E-state index in [1.165, 1.54) is 0 Å². The molecule has 0 unspecified atom stereocenters. The first-order valence-corrected chi connectivity index (χ1v) is 6.49. The molecule has 0 radical (unpaired) electrons. The summed E-state index contributed by atoms with van der Waals surface area (Å²) >= 11 is 1.65. The lowest BCUT2D eigenvalue weighted by Crippen LogP contribution is -1.97. The van der Waals surface area contributed by atoms with Crippen LogP contribution in [0.25, 0.3) is 31.1 Å². The molecule has 0 aliphatic carbocycles. The van der Waals surface area contributed by atoms with E-state index >= 15 is 0 Å². The second-order valence-electron chi connectivity index (χ2n) is 4.19. The SMILES string of the molecule is O=c1oc2ccccc2c2sc3ccccc3c12. The molecule has 2 aromatic heterocycles. The van der Waals surface area contributed by atoms with Crippen LogP contribution in [-0.2, 0) is 0 Å². The molecular formula is C15H8O2S. The van der Waals surface area contributed by atoms with Gasteiger partial charge in [0, 0.05) is 15.5 Å². The summed E-state index contributed by atoms with van der Waals surface area (Å²) in [4.78, 5) is 12.1. The molecule has 2 nitrogen and oxygen atoms in total. The number of rotatable bonds is 0. The van der Waals surface area contributed by atoms with Crippen LogP contribution in [-0.4, -0.2) is 0 Å². The Morgan fingerprint density at radius 3 is 2.50 bits per heavy atom. The highest BCUT2D eigenvalue weighted by atomic mass is 32.1. The molecule has 0 bridgehead atoms. The Morgan fingerprint density at radius 2 is 1.61 bits per heavy atom. The lowest BCUT2D eigenvalue weighted by Gasteiger charge is -1.96. The van der Waals surface area contributed by atoms with Crippen molar-refractivity contribution in [2.45, 2.75) is 0 Å². The van der Waals surface area contributed by atoms with E-state index in [0.29, 0.717) is 11.0 Å². The molecule has 2 heterocycles. The molecule has 0 saturated carbocycles. The highest BCUT2D eigenvalue weighted by Crippen LogP contribution is 2.35. The molecular weight excluding hydrogens is 244 g/mol. The van der Waals surface area contributed by atoms with Crippen LogP contribution in [0.1, 0.15) is 0 Å². The topological polar surface area (TPSA) is 30.2 Å². The van der Waals surface area contributed by atoms with Gasteiger partial charge >= 0.3 is 5.63 Å². The molecule has 0 fully saturated rings. The van der Waals surface area contributed by atoms with Gasteiger partial charge in [-0.15, -0.1) is 11.3 Å². The smallest absolute Gasteiger partial charge is 0.345 e. The van der Waals surface area contributed by atoms with Gasteiger partial charge in [-0.2, -0.15) is 0 Å². The lowest BCUT2D eigenvalue weighted by molar-refractivity contribution is 0.570. The van der Waals surface area contributed by atoms with Crippen LogP contribution in [0.4, 0.5) is 0 Å². The van der Waals surface area contributed by atoms with E-state index in [2.05, 4.69) is 0 Å². The summed E-state index contributed by atoms with van der Waals surface area (Å²) in [5.41, 5.74) is 0.405. The van der Waals surface area contributed by atoms with E-state index in [-0.39, 0.29) is 5.63 Å². The fourth-order valence-corrected chi connectivity index (χ4v) is 3.55. The molecule has 86 valence electrons. The number of hydrogen-bond donors (Lipinski definition) is 0. The average Bonchev–Trinajstić information content (AvgIpc) is 2.79. The molecule has 0 saturated heterocycles. The molecule has 0 aliphatic heterocycles. The highest BCUT2D eigenvalue weighted by molar-refractivity contribution is 7.26. The van der Waals surface area contributed by atoms with Crippen LogP contribution in [0.5, 0.6) is 0 Å². The molecule has 2 aromatic carbocycles. The summed E-state index contributed by atoms with van der Waals surface area (Å²) in [5.74, 6) is 0. The molecule has 0 N–H and O–H groups in total. The Bertz CT molecular complexity index is 947. The second-order valence-corrected chi connectivity index (χ2v) is 5.24. The minimum Gasteiger partial charge on any atom is -0.422 e. The van der Waals surface area contributed by atoms with E-state index in [1.807, 2.05) is 48.5 Å². The number of fused-ring (bicyclic) bond motifs is 5. The minimum absolute atomic E-state index is 0.249. The Balaban J connectivity index is 2.42. The third-order valence-electron chi connectivity index (χ3n) is 3.13. The van der Waals surface area contributed by atoms with Crippen molar-refractivity contribution in [3.05, 3.63) is 59.0 Å². The first kappa shape index (κ1) is 9.85. The van der Waals surface area contributed by atoms with E-state index in [1.54, 1.807) is 11.3 Å². The molecule has 4 aromatic rings. The van der Waals surface area contributed by atoms with Crippen molar-refractivity contribution >= 4 is 42.5 Å². The number of hydrogen-bond acceptors (Lipinski definition) is 3. The van der Waals surface area contributed by atoms with Gasteiger partial charge in [0.2, 0.25) is 0 Å². The number of para-hydroxylation sites is 1. The maximum absolute atomic E-state index is 12.1. The lowest BCUT2D eigenvalue weighted by atomic mass is 10.1. The van der Waals surface area contributed by atoms with E-state index in [0.717, 1.165) is 20.2 Å². The zero-order chi connectivity index (χ0) is 12.1. The van der Waals surface area contributed by atoms with Crippen LogP contribution in [0.3, 0.4) is 0 Å². The van der Waals surface area contributed by atoms with E-state index < -0.39 is 0 Å². The molecule has 0 amide bonds. The fourth-order valence-electron chi connectivity index (χ4n) is 2.33. The maximum Gasteiger partial charge on any atom is 0.345 e. The zero-order valence-corrected chi connectivity index (χ0v) is 10.2. The van der Waals surface area contributed by atoms with Crippen LogP contribution >= 0.6 is 11.3 Å². The van der Waals surface area contributed by atoms with Crippen molar-refractivity contribution in [3.63, 3.8) is 0 Å². The van der Waals surface area contributed by atoms with E-state index in [9.17, 15) is 4.79 Å². The predicted molar refractivity (Wildman–Crippen MR) is 75.4 cm³/mol. The first-order valence-electron chi connectivity index (χ1n) is 5.68. The van der Waals surface area contributed by atoms with Crippen LogP contribution in [0.2, 0.25) is 0 Å². The third-order valence-corrected chi connectivity index (χ3v) is 4.34. The minimum atomic E-state index is -0.249. The van der Waals surface area contributed by atoms with Crippen LogP contribution < -0.4 is 5.63 Å². The monoisotopic (exact) mass is 252 g/mol. The van der Waals surface area contributed by atoms with Gasteiger partial charge in [-0.1, -0.05) is 30.3 Å². The van der Waals surface area contributed by atoms with E-state index in [4.69, 9.17) is 4.42 Å². The molecule has 0 aliphatic rings. The normalized spacial score (nSPS) is 11.6.